The van der Waals surface area contributed by atoms with Crippen molar-refractivity contribution in [2.45, 2.75) is 128 Å². The fourth-order valence-electron chi connectivity index (χ4n) is 8.41. The van der Waals surface area contributed by atoms with Crippen LogP contribution in [0.5, 0.6) is 0 Å². The molecule has 4 aliphatic rings. The first kappa shape index (κ1) is 27.4. The summed E-state index contributed by atoms with van der Waals surface area (Å²) in [5, 5.41) is 13.6. The maximum atomic E-state index is 14.2. The maximum Gasteiger partial charge on any atom is 0.303 e. The first-order valence-corrected chi connectivity index (χ1v) is 15.6. The van der Waals surface area contributed by atoms with Crippen molar-refractivity contribution in [1.29, 1.82) is 0 Å². The van der Waals surface area contributed by atoms with Crippen LogP contribution >= 0.6 is 0 Å². The van der Waals surface area contributed by atoms with Gasteiger partial charge in [0.2, 0.25) is 0 Å². The van der Waals surface area contributed by atoms with Gasteiger partial charge in [-0.3, -0.25) is 14.5 Å². The van der Waals surface area contributed by atoms with Crippen LogP contribution in [0.3, 0.4) is 0 Å². The predicted molar refractivity (Wildman–Crippen MR) is 156 cm³/mol. The standard InChI is InChI=1S/C32H44N4O4/c1-20(2)40-34-28(13-14-30(37)38)31-32(39)36(29-10-6-5-9-27(29)33-31)26-18-23-11-12-24(19-26)35(23)25-16-21-7-3-4-8-22(15-21)17-25/h5-6,9-10,20-26H,3-4,7-8,11-19H2,1-2H3,(H,37,38)/t21?,22?,23-,24+,25?,26+. The normalized spacial score (nSPS) is 30.9. The number of aliphatic carboxylic acids is 1. The number of nitrogens with zero attached hydrogens (tertiary/aromatic N) is 4. The Balaban J connectivity index is 1.33. The molecule has 8 heteroatoms. The lowest BCUT2D eigenvalue weighted by molar-refractivity contribution is -0.136. The molecule has 2 aliphatic heterocycles. The molecule has 1 aromatic heterocycles. The van der Waals surface area contributed by atoms with Gasteiger partial charge in [0, 0.05) is 30.6 Å². The lowest BCUT2D eigenvalue weighted by atomic mass is 9.76. The van der Waals surface area contributed by atoms with Crippen LogP contribution in [-0.4, -0.2) is 55.5 Å². The third-order valence-corrected chi connectivity index (χ3v) is 9.92. The average Bonchev–Trinajstić information content (AvgIpc) is 3.08. The molecule has 2 saturated heterocycles. The summed E-state index contributed by atoms with van der Waals surface area (Å²) in [5.41, 5.74) is 1.92. The van der Waals surface area contributed by atoms with E-state index in [-0.39, 0.29) is 36.2 Å². The van der Waals surface area contributed by atoms with Crippen LogP contribution in [0.15, 0.2) is 34.2 Å². The van der Waals surface area contributed by atoms with Crippen molar-refractivity contribution in [3.8, 4) is 0 Å². The van der Waals surface area contributed by atoms with Gasteiger partial charge in [0.25, 0.3) is 5.56 Å². The minimum Gasteiger partial charge on any atom is -0.481 e. The van der Waals surface area contributed by atoms with Crippen LogP contribution in [-0.2, 0) is 9.63 Å². The van der Waals surface area contributed by atoms with Gasteiger partial charge in [-0.05, 0) is 82.8 Å². The van der Waals surface area contributed by atoms with Gasteiger partial charge in [0.15, 0.2) is 5.69 Å². The van der Waals surface area contributed by atoms with Gasteiger partial charge >= 0.3 is 5.97 Å². The number of hydrogen-bond acceptors (Lipinski definition) is 6. The Morgan fingerprint density at radius 3 is 2.27 bits per heavy atom. The van der Waals surface area contributed by atoms with E-state index in [2.05, 4.69) is 10.1 Å². The highest BCUT2D eigenvalue weighted by Crippen LogP contribution is 2.48. The summed E-state index contributed by atoms with van der Waals surface area (Å²) in [7, 11) is 0. The van der Waals surface area contributed by atoms with Gasteiger partial charge in [0.05, 0.1) is 17.5 Å². The van der Waals surface area contributed by atoms with Crippen molar-refractivity contribution < 1.29 is 14.7 Å². The van der Waals surface area contributed by atoms with Crippen LogP contribution < -0.4 is 5.56 Å². The molecule has 4 fully saturated rings. The quantitative estimate of drug-likeness (QED) is 0.325. The van der Waals surface area contributed by atoms with E-state index >= 15 is 0 Å². The van der Waals surface area contributed by atoms with Gasteiger partial charge in [-0.1, -0.05) is 43.0 Å². The average molecular weight is 549 g/mol. The topological polar surface area (TPSA) is 97.0 Å². The van der Waals surface area contributed by atoms with Gasteiger partial charge in [-0.2, -0.15) is 0 Å². The van der Waals surface area contributed by atoms with E-state index in [9.17, 15) is 14.7 Å². The zero-order valence-corrected chi connectivity index (χ0v) is 24.0. The highest BCUT2D eigenvalue weighted by atomic mass is 16.6. The Bertz CT molecular complexity index is 1290. The third-order valence-electron chi connectivity index (χ3n) is 9.92. The summed E-state index contributed by atoms with van der Waals surface area (Å²) in [5.74, 6) is 0.855. The molecule has 2 aromatic rings. The van der Waals surface area contributed by atoms with Gasteiger partial charge in [-0.25, -0.2) is 4.98 Å². The number of piperidine rings is 1. The monoisotopic (exact) mass is 548 g/mol. The third kappa shape index (κ3) is 5.56. The number of rotatable bonds is 8. The minimum atomic E-state index is -0.940. The van der Waals surface area contributed by atoms with Gasteiger partial charge < -0.3 is 14.5 Å². The molecule has 2 unspecified atom stereocenters. The molecule has 216 valence electrons. The zero-order chi connectivity index (χ0) is 27.8. The largest absolute Gasteiger partial charge is 0.481 e. The lowest BCUT2D eigenvalue weighted by Gasteiger charge is -2.48. The highest BCUT2D eigenvalue weighted by Gasteiger charge is 2.47. The van der Waals surface area contributed by atoms with Crippen molar-refractivity contribution in [2.24, 2.45) is 17.0 Å². The van der Waals surface area contributed by atoms with Crippen LogP contribution in [0, 0.1) is 11.8 Å². The van der Waals surface area contributed by atoms with Crippen LogP contribution in [0.1, 0.15) is 109 Å². The molecule has 4 bridgehead atoms. The van der Waals surface area contributed by atoms with E-state index in [4.69, 9.17) is 9.82 Å². The SMILES string of the molecule is CC(C)ON=C(CCC(=O)O)c1nc2ccccc2n([C@H]2C[C@H]3CC[C@@H](C2)N3C2CC3CCCCC(C3)C2)c1=O. The number of fused-ring (bicyclic) bond motifs is 5. The molecule has 0 radical (unpaired) electrons. The Labute approximate surface area is 236 Å². The molecule has 1 aromatic carbocycles. The molecule has 2 aliphatic carbocycles. The van der Waals surface area contributed by atoms with Gasteiger partial charge in [-0.15, -0.1) is 0 Å². The predicted octanol–water partition coefficient (Wildman–Crippen LogP) is 5.92. The summed E-state index contributed by atoms with van der Waals surface area (Å²) in [6.07, 6.45) is 13.9. The van der Waals surface area contributed by atoms with Crippen LogP contribution in [0.2, 0.25) is 0 Å². The summed E-state index contributed by atoms with van der Waals surface area (Å²) in [6.45, 7) is 3.71. The number of carboxylic acids is 1. The first-order chi connectivity index (χ1) is 19.4. The molecule has 0 spiro atoms. The second-order valence-electron chi connectivity index (χ2n) is 13.0. The molecule has 2 saturated carbocycles. The molecule has 6 rings (SSSR count). The molecule has 8 nitrogen and oxygen atoms in total. The zero-order valence-electron chi connectivity index (χ0n) is 24.0. The van der Waals surface area contributed by atoms with E-state index in [0.29, 0.717) is 23.8 Å². The fourth-order valence-corrected chi connectivity index (χ4v) is 8.41. The van der Waals surface area contributed by atoms with Crippen molar-refractivity contribution >= 4 is 22.7 Å². The van der Waals surface area contributed by atoms with Gasteiger partial charge in [0.1, 0.15) is 11.8 Å². The Kier molecular flexibility index (Phi) is 7.98. The Morgan fingerprint density at radius 1 is 0.950 bits per heavy atom. The van der Waals surface area contributed by atoms with Crippen LogP contribution in [0.25, 0.3) is 11.0 Å². The summed E-state index contributed by atoms with van der Waals surface area (Å²) in [4.78, 5) is 38.7. The Hall–Kier alpha value is -2.74. The maximum absolute atomic E-state index is 14.2. The number of carboxylic acid groups (broad SMARTS) is 1. The smallest absolute Gasteiger partial charge is 0.303 e. The van der Waals surface area contributed by atoms with E-state index < -0.39 is 5.97 Å². The number of carbonyl (C=O) groups is 1. The van der Waals surface area contributed by atoms with Crippen molar-refractivity contribution in [3.05, 3.63) is 40.3 Å². The van der Waals surface area contributed by atoms with E-state index in [1.54, 1.807) is 0 Å². The molecular weight excluding hydrogens is 504 g/mol. The van der Waals surface area contributed by atoms with Crippen molar-refractivity contribution in [1.82, 2.24) is 14.5 Å². The molecule has 5 atom stereocenters. The minimum absolute atomic E-state index is 0.0884. The summed E-state index contributed by atoms with van der Waals surface area (Å²) >= 11 is 0. The second-order valence-corrected chi connectivity index (χ2v) is 13.0. The Morgan fingerprint density at radius 2 is 1.62 bits per heavy atom. The summed E-state index contributed by atoms with van der Waals surface area (Å²) < 4.78 is 1.96. The number of para-hydroxylation sites is 2. The fraction of sp³-hybridized carbons (Fsp3) is 0.688. The molecule has 0 amide bonds. The molecule has 40 heavy (non-hydrogen) atoms. The van der Waals surface area contributed by atoms with Crippen LogP contribution in [0.4, 0.5) is 0 Å². The number of hydrogen-bond donors (Lipinski definition) is 1. The lowest BCUT2D eigenvalue weighted by Crippen LogP contribution is -2.52. The molecule has 1 N–H and O–H groups in total. The van der Waals surface area contributed by atoms with E-state index in [1.165, 1.54) is 57.8 Å². The molecule has 3 heterocycles. The van der Waals surface area contributed by atoms with Crippen molar-refractivity contribution in [2.75, 3.05) is 0 Å². The highest BCUT2D eigenvalue weighted by molar-refractivity contribution is 6.00. The van der Waals surface area contributed by atoms with E-state index in [0.717, 1.165) is 35.7 Å². The second kappa shape index (κ2) is 11.6. The molecular formula is C32H44N4O4. The first-order valence-electron chi connectivity index (χ1n) is 15.6. The number of aromatic nitrogens is 2. The summed E-state index contributed by atoms with van der Waals surface area (Å²) in [6, 6.07) is 9.64. The number of benzene rings is 1. The number of oxime groups is 1. The van der Waals surface area contributed by atoms with E-state index in [1.807, 2.05) is 42.7 Å². The van der Waals surface area contributed by atoms with Crippen molar-refractivity contribution in [3.63, 3.8) is 0 Å².